The zero-order valence-electron chi connectivity index (χ0n) is 10.4. The maximum atomic E-state index is 12.2. The van der Waals surface area contributed by atoms with E-state index in [1.807, 2.05) is 6.92 Å². The van der Waals surface area contributed by atoms with Crippen molar-refractivity contribution in [2.45, 2.75) is 19.4 Å². The minimum atomic E-state index is -0.567. The van der Waals surface area contributed by atoms with Crippen LogP contribution in [-0.2, 0) is 4.74 Å². The first kappa shape index (κ1) is 12.4. The van der Waals surface area contributed by atoms with Crippen LogP contribution in [-0.4, -0.2) is 36.7 Å². The number of benzene rings is 1. The molecule has 0 saturated carbocycles. The van der Waals surface area contributed by atoms with Gasteiger partial charge in [0, 0.05) is 5.56 Å². The summed E-state index contributed by atoms with van der Waals surface area (Å²) >= 11 is 0. The fraction of sp³-hybridized carbons (Fsp3) is 0.385. The number of hydrogen-bond acceptors (Lipinski definition) is 4. The Labute approximate surface area is 105 Å². The summed E-state index contributed by atoms with van der Waals surface area (Å²) in [6.45, 7) is 2.19. The fourth-order valence-electron chi connectivity index (χ4n) is 1.88. The first-order valence-corrected chi connectivity index (χ1v) is 5.81. The third kappa shape index (κ3) is 2.16. The minimum Gasteiger partial charge on any atom is -0.497 e. The van der Waals surface area contributed by atoms with Crippen molar-refractivity contribution in [2.75, 3.05) is 13.7 Å². The highest BCUT2D eigenvalue weighted by Crippen LogP contribution is 2.20. The van der Waals surface area contributed by atoms with Gasteiger partial charge in [-0.3, -0.25) is 4.79 Å². The van der Waals surface area contributed by atoms with Crippen molar-refractivity contribution >= 4 is 12.0 Å². The van der Waals surface area contributed by atoms with Crippen molar-refractivity contribution in [3.63, 3.8) is 0 Å². The van der Waals surface area contributed by atoms with E-state index < -0.39 is 6.09 Å². The molecule has 1 fully saturated rings. The van der Waals surface area contributed by atoms with Crippen LogP contribution in [0.25, 0.3) is 0 Å². The lowest BCUT2D eigenvalue weighted by Gasteiger charge is -2.18. The summed E-state index contributed by atoms with van der Waals surface area (Å²) in [5.41, 5.74) is 0.452. The molecule has 1 saturated heterocycles. The van der Waals surface area contributed by atoms with E-state index in [0.29, 0.717) is 17.7 Å². The van der Waals surface area contributed by atoms with Crippen LogP contribution in [0.15, 0.2) is 24.3 Å². The number of carbonyl (C=O) groups excluding carboxylic acids is 2. The minimum absolute atomic E-state index is 0.174. The molecule has 5 nitrogen and oxygen atoms in total. The zero-order chi connectivity index (χ0) is 13.1. The van der Waals surface area contributed by atoms with Crippen molar-refractivity contribution in [1.82, 2.24) is 4.90 Å². The molecule has 2 amide bonds. The van der Waals surface area contributed by atoms with E-state index >= 15 is 0 Å². The number of hydrogen-bond donors (Lipinski definition) is 0. The third-order valence-electron chi connectivity index (χ3n) is 2.99. The van der Waals surface area contributed by atoms with E-state index in [-0.39, 0.29) is 18.6 Å². The lowest BCUT2D eigenvalue weighted by atomic mass is 10.1. The van der Waals surface area contributed by atoms with E-state index in [4.69, 9.17) is 9.47 Å². The summed E-state index contributed by atoms with van der Waals surface area (Å²) in [6, 6.07) is 6.48. The molecule has 1 atom stereocenters. The Morgan fingerprint density at radius 2 is 2.11 bits per heavy atom. The molecule has 0 N–H and O–H groups in total. The third-order valence-corrected chi connectivity index (χ3v) is 2.99. The van der Waals surface area contributed by atoms with Crippen LogP contribution in [0.1, 0.15) is 23.7 Å². The predicted molar refractivity (Wildman–Crippen MR) is 64.6 cm³/mol. The van der Waals surface area contributed by atoms with Crippen molar-refractivity contribution in [2.24, 2.45) is 0 Å². The predicted octanol–water partition coefficient (Wildman–Crippen LogP) is 2.07. The summed E-state index contributed by atoms with van der Waals surface area (Å²) in [5.74, 6) is 0.342. The number of amides is 2. The van der Waals surface area contributed by atoms with Gasteiger partial charge in [-0.15, -0.1) is 0 Å². The highest BCUT2D eigenvalue weighted by molar-refractivity contribution is 6.03. The smallest absolute Gasteiger partial charge is 0.417 e. The number of carbonyl (C=O) groups is 2. The summed E-state index contributed by atoms with van der Waals surface area (Å²) in [4.78, 5) is 24.9. The Bertz CT molecular complexity index is 455. The normalized spacial score (nSPS) is 18.7. The molecule has 1 heterocycles. The van der Waals surface area contributed by atoms with Crippen LogP contribution < -0.4 is 4.74 Å². The molecule has 1 aromatic carbocycles. The Kier molecular flexibility index (Phi) is 3.50. The number of cyclic esters (lactones) is 1. The topological polar surface area (TPSA) is 55.8 Å². The number of rotatable bonds is 3. The van der Waals surface area contributed by atoms with E-state index in [1.165, 1.54) is 4.90 Å². The Morgan fingerprint density at radius 3 is 2.67 bits per heavy atom. The zero-order valence-corrected chi connectivity index (χ0v) is 10.4. The van der Waals surface area contributed by atoms with Crippen LogP contribution in [0.5, 0.6) is 5.75 Å². The number of methoxy groups -OCH3 is 1. The van der Waals surface area contributed by atoms with Crippen molar-refractivity contribution in [3.8, 4) is 5.75 Å². The molecule has 1 aliphatic rings. The van der Waals surface area contributed by atoms with E-state index in [1.54, 1.807) is 31.4 Å². The average molecular weight is 249 g/mol. The molecule has 18 heavy (non-hydrogen) atoms. The summed E-state index contributed by atoms with van der Waals surface area (Å²) < 4.78 is 9.92. The van der Waals surface area contributed by atoms with E-state index in [2.05, 4.69) is 0 Å². The van der Waals surface area contributed by atoms with Gasteiger partial charge in [0.1, 0.15) is 12.4 Å². The number of ether oxygens (including phenoxy) is 2. The van der Waals surface area contributed by atoms with Gasteiger partial charge in [0.2, 0.25) is 0 Å². The fourth-order valence-corrected chi connectivity index (χ4v) is 1.88. The maximum absolute atomic E-state index is 12.2. The van der Waals surface area contributed by atoms with Crippen molar-refractivity contribution in [3.05, 3.63) is 29.8 Å². The second-order valence-corrected chi connectivity index (χ2v) is 4.04. The van der Waals surface area contributed by atoms with Crippen LogP contribution in [0.3, 0.4) is 0 Å². The van der Waals surface area contributed by atoms with Gasteiger partial charge in [0.05, 0.1) is 13.2 Å². The summed E-state index contributed by atoms with van der Waals surface area (Å²) in [6.07, 6.45) is 0.121. The first-order valence-electron chi connectivity index (χ1n) is 5.81. The molecule has 0 radical (unpaired) electrons. The van der Waals surface area contributed by atoms with Gasteiger partial charge in [-0.2, -0.15) is 0 Å². The van der Waals surface area contributed by atoms with Crippen molar-refractivity contribution < 1.29 is 19.1 Å². The van der Waals surface area contributed by atoms with Crippen LogP contribution >= 0.6 is 0 Å². The van der Waals surface area contributed by atoms with Gasteiger partial charge < -0.3 is 9.47 Å². The quantitative estimate of drug-likeness (QED) is 0.822. The second-order valence-electron chi connectivity index (χ2n) is 4.04. The van der Waals surface area contributed by atoms with Gasteiger partial charge in [0.15, 0.2) is 0 Å². The molecular formula is C13H15NO4. The molecule has 0 aliphatic carbocycles. The van der Waals surface area contributed by atoms with Crippen LogP contribution in [0.4, 0.5) is 4.79 Å². The maximum Gasteiger partial charge on any atom is 0.417 e. The average Bonchev–Trinajstić information content (AvgIpc) is 2.79. The lowest BCUT2D eigenvalue weighted by molar-refractivity contribution is 0.0773. The molecule has 0 bridgehead atoms. The van der Waals surface area contributed by atoms with Crippen LogP contribution in [0.2, 0.25) is 0 Å². The second kappa shape index (κ2) is 5.08. The lowest BCUT2D eigenvalue weighted by Crippen LogP contribution is -2.38. The molecule has 1 aliphatic heterocycles. The molecule has 1 aromatic rings. The molecule has 96 valence electrons. The Hall–Kier alpha value is -2.04. The first-order chi connectivity index (χ1) is 8.67. The Morgan fingerprint density at radius 1 is 1.44 bits per heavy atom. The van der Waals surface area contributed by atoms with Gasteiger partial charge in [-0.1, -0.05) is 6.92 Å². The molecule has 0 spiro atoms. The summed E-state index contributed by atoms with van der Waals surface area (Å²) in [5, 5.41) is 0. The molecular weight excluding hydrogens is 234 g/mol. The molecule has 0 aromatic heterocycles. The highest BCUT2D eigenvalue weighted by atomic mass is 16.6. The van der Waals surface area contributed by atoms with E-state index in [9.17, 15) is 9.59 Å². The van der Waals surface area contributed by atoms with Crippen molar-refractivity contribution in [1.29, 1.82) is 0 Å². The monoisotopic (exact) mass is 249 g/mol. The Balaban J connectivity index is 2.21. The standard InChI is InChI=1S/C13H15NO4/c1-3-10-8-18-13(16)14(10)12(15)9-4-6-11(17-2)7-5-9/h4-7,10H,3,8H2,1-2H3. The van der Waals surface area contributed by atoms with Gasteiger partial charge in [-0.05, 0) is 30.7 Å². The van der Waals surface area contributed by atoms with Crippen LogP contribution in [0, 0.1) is 0 Å². The number of nitrogens with zero attached hydrogens (tertiary/aromatic N) is 1. The molecule has 1 unspecified atom stereocenters. The number of imide groups is 1. The highest BCUT2D eigenvalue weighted by Gasteiger charge is 2.37. The van der Waals surface area contributed by atoms with Gasteiger partial charge >= 0.3 is 6.09 Å². The molecule has 5 heteroatoms. The molecule has 2 rings (SSSR count). The van der Waals surface area contributed by atoms with E-state index in [0.717, 1.165) is 0 Å². The summed E-state index contributed by atoms with van der Waals surface area (Å²) in [7, 11) is 1.56. The van der Waals surface area contributed by atoms with Gasteiger partial charge in [-0.25, -0.2) is 9.69 Å². The largest absolute Gasteiger partial charge is 0.497 e. The SMILES string of the molecule is CCC1COC(=O)N1C(=O)c1ccc(OC)cc1. The van der Waals surface area contributed by atoms with Gasteiger partial charge in [0.25, 0.3) is 5.91 Å².